The SMILES string of the molecule is O=[N+]([O-])c1ccc(CNCC2CCCC2)o1. The van der Waals surface area contributed by atoms with E-state index in [4.69, 9.17) is 4.42 Å². The van der Waals surface area contributed by atoms with Crippen LogP contribution in [0.1, 0.15) is 31.4 Å². The molecule has 16 heavy (non-hydrogen) atoms. The molecule has 1 fully saturated rings. The average Bonchev–Trinajstić information content (AvgIpc) is 2.87. The van der Waals surface area contributed by atoms with Gasteiger partial charge in [0.2, 0.25) is 0 Å². The zero-order valence-corrected chi connectivity index (χ0v) is 9.15. The first kappa shape index (κ1) is 11.1. The predicted molar refractivity (Wildman–Crippen MR) is 59.0 cm³/mol. The van der Waals surface area contributed by atoms with Crippen LogP contribution >= 0.6 is 0 Å². The van der Waals surface area contributed by atoms with Crippen LogP contribution < -0.4 is 5.32 Å². The molecule has 1 N–H and O–H groups in total. The van der Waals surface area contributed by atoms with E-state index in [2.05, 4.69) is 5.32 Å². The first-order valence-electron chi connectivity index (χ1n) is 5.69. The molecule has 0 spiro atoms. The van der Waals surface area contributed by atoms with Gasteiger partial charge in [0.1, 0.15) is 10.7 Å². The molecule has 0 radical (unpaired) electrons. The lowest BCUT2D eigenvalue weighted by molar-refractivity contribution is -0.402. The van der Waals surface area contributed by atoms with Crippen LogP contribution in [0.3, 0.4) is 0 Å². The third-order valence-corrected chi connectivity index (χ3v) is 3.03. The molecule has 0 saturated heterocycles. The Balaban J connectivity index is 1.74. The van der Waals surface area contributed by atoms with Crippen LogP contribution in [0, 0.1) is 16.0 Å². The molecule has 0 amide bonds. The van der Waals surface area contributed by atoms with E-state index in [1.165, 1.54) is 31.7 Å². The summed E-state index contributed by atoms with van der Waals surface area (Å²) in [5.74, 6) is 1.22. The molecule has 0 aromatic carbocycles. The van der Waals surface area contributed by atoms with Crippen molar-refractivity contribution in [2.45, 2.75) is 32.2 Å². The molecule has 5 heteroatoms. The molecule has 0 bridgehead atoms. The van der Waals surface area contributed by atoms with Gasteiger partial charge < -0.3 is 9.73 Å². The quantitative estimate of drug-likeness (QED) is 0.616. The van der Waals surface area contributed by atoms with E-state index < -0.39 is 4.92 Å². The number of hydrogen-bond donors (Lipinski definition) is 1. The van der Waals surface area contributed by atoms with E-state index in [0.29, 0.717) is 12.3 Å². The molecule has 0 unspecified atom stereocenters. The lowest BCUT2D eigenvalue weighted by Gasteiger charge is -2.08. The topological polar surface area (TPSA) is 68.3 Å². The molecule has 0 aliphatic heterocycles. The Hall–Kier alpha value is -1.36. The van der Waals surface area contributed by atoms with Crippen LogP contribution in [0.25, 0.3) is 0 Å². The van der Waals surface area contributed by atoms with Crippen molar-refractivity contribution in [2.24, 2.45) is 5.92 Å². The molecule has 1 aliphatic carbocycles. The third kappa shape index (κ3) is 2.82. The zero-order chi connectivity index (χ0) is 11.4. The first-order valence-corrected chi connectivity index (χ1v) is 5.69. The molecule has 2 rings (SSSR count). The molecule has 1 aromatic heterocycles. The van der Waals surface area contributed by atoms with Gasteiger partial charge in [0.05, 0.1) is 12.6 Å². The zero-order valence-electron chi connectivity index (χ0n) is 9.15. The Bertz CT molecular complexity index is 356. The second-order valence-electron chi connectivity index (χ2n) is 4.28. The lowest BCUT2D eigenvalue weighted by atomic mass is 10.1. The highest BCUT2D eigenvalue weighted by atomic mass is 16.6. The number of rotatable bonds is 5. The van der Waals surface area contributed by atoms with Crippen LogP contribution in [-0.4, -0.2) is 11.5 Å². The van der Waals surface area contributed by atoms with Crippen molar-refractivity contribution in [3.05, 3.63) is 28.0 Å². The highest BCUT2D eigenvalue weighted by molar-refractivity contribution is 5.17. The van der Waals surface area contributed by atoms with Crippen LogP contribution in [0.2, 0.25) is 0 Å². The normalized spacial score (nSPS) is 16.8. The summed E-state index contributed by atoms with van der Waals surface area (Å²) in [6.45, 7) is 1.55. The van der Waals surface area contributed by atoms with Gasteiger partial charge in [-0.25, -0.2) is 0 Å². The maximum Gasteiger partial charge on any atom is 0.433 e. The van der Waals surface area contributed by atoms with Gasteiger partial charge in [-0.15, -0.1) is 0 Å². The van der Waals surface area contributed by atoms with Crippen molar-refractivity contribution in [2.75, 3.05) is 6.54 Å². The Kier molecular flexibility index (Phi) is 3.56. The predicted octanol–water partition coefficient (Wildman–Crippen LogP) is 2.47. The van der Waals surface area contributed by atoms with Gasteiger partial charge in [0.15, 0.2) is 0 Å². The smallest absolute Gasteiger partial charge is 0.404 e. The van der Waals surface area contributed by atoms with E-state index in [9.17, 15) is 10.1 Å². The second kappa shape index (κ2) is 5.12. The number of nitrogens with zero attached hydrogens (tertiary/aromatic N) is 1. The monoisotopic (exact) mass is 224 g/mol. The molecular weight excluding hydrogens is 208 g/mol. The van der Waals surface area contributed by atoms with E-state index in [-0.39, 0.29) is 5.88 Å². The summed E-state index contributed by atoms with van der Waals surface area (Å²) in [6, 6.07) is 3.05. The average molecular weight is 224 g/mol. The van der Waals surface area contributed by atoms with Gasteiger partial charge in [-0.3, -0.25) is 10.1 Å². The number of furan rings is 1. The highest BCUT2D eigenvalue weighted by Gasteiger charge is 2.15. The minimum Gasteiger partial charge on any atom is -0.404 e. The highest BCUT2D eigenvalue weighted by Crippen LogP contribution is 2.24. The fraction of sp³-hybridized carbons (Fsp3) is 0.636. The molecule has 0 atom stereocenters. The van der Waals surface area contributed by atoms with Crippen molar-refractivity contribution >= 4 is 5.88 Å². The number of nitrogens with one attached hydrogen (secondary N) is 1. The van der Waals surface area contributed by atoms with Gasteiger partial charge in [-0.05, 0) is 31.4 Å². The maximum absolute atomic E-state index is 10.4. The summed E-state index contributed by atoms with van der Waals surface area (Å²) in [4.78, 5) is 9.88. The Morgan fingerprint density at radius 3 is 2.81 bits per heavy atom. The van der Waals surface area contributed by atoms with Crippen molar-refractivity contribution in [1.29, 1.82) is 0 Å². The van der Waals surface area contributed by atoms with Crippen molar-refractivity contribution in [3.63, 3.8) is 0 Å². The summed E-state index contributed by atoms with van der Waals surface area (Å²) in [7, 11) is 0. The Morgan fingerprint density at radius 2 is 2.19 bits per heavy atom. The number of nitro groups is 1. The summed E-state index contributed by atoms with van der Waals surface area (Å²) in [5, 5.41) is 13.7. The van der Waals surface area contributed by atoms with E-state index in [0.717, 1.165) is 12.5 Å². The van der Waals surface area contributed by atoms with Gasteiger partial charge in [0.25, 0.3) is 0 Å². The first-order chi connectivity index (χ1) is 7.75. The van der Waals surface area contributed by atoms with Gasteiger partial charge in [-0.2, -0.15) is 0 Å². The summed E-state index contributed by atoms with van der Waals surface area (Å²) in [6.07, 6.45) is 5.26. The maximum atomic E-state index is 10.4. The number of hydrogen-bond acceptors (Lipinski definition) is 4. The summed E-state index contributed by atoms with van der Waals surface area (Å²) >= 11 is 0. The molecule has 88 valence electrons. The second-order valence-corrected chi connectivity index (χ2v) is 4.28. The minimum atomic E-state index is -0.513. The summed E-state index contributed by atoms with van der Waals surface area (Å²) in [5.41, 5.74) is 0. The van der Waals surface area contributed by atoms with Gasteiger partial charge in [0, 0.05) is 0 Å². The Labute approximate surface area is 94.0 Å². The van der Waals surface area contributed by atoms with Crippen molar-refractivity contribution < 1.29 is 9.34 Å². The molecule has 1 aliphatic rings. The fourth-order valence-electron chi connectivity index (χ4n) is 2.17. The minimum absolute atomic E-state index is 0.183. The summed E-state index contributed by atoms with van der Waals surface area (Å²) < 4.78 is 5.05. The van der Waals surface area contributed by atoms with Crippen LogP contribution in [0.15, 0.2) is 16.5 Å². The van der Waals surface area contributed by atoms with E-state index in [1.807, 2.05) is 0 Å². The van der Waals surface area contributed by atoms with Gasteiger partial charge in [-0.1, -0.05) is 12.8 Å². The molecule has 1 aromatic rings. The van der Waals surface area contributed by atoms with Crippen molar-refractivity contribution in [1.82, 2.24) is 5.32 Å². The van der Waals surface area contributed by atoms with Crippen LogP contribution in [0.4, 0.5) is 5.88 Å². The van der Waals surface area contributed by atoms with Gasteiger partial charge >= 0.3 is 5.88 Å². The van der Waals surface area contributed by atoms with Crippen LogP contribution in [-0.2, 0) is 6.54 Å². The lowest BCUT2D eigenvalue weighted by Crippen LogP contribution is -2.20. The molecular formula is C11H16N2O3. The van der Waals surface area contributed by atoms with E-state index >= 15 is 0 Å². The van der Waals surface area contributed by atoms with E-state index in [1.54, 1.807) is 6.07 Å². The molecule has 1 saturated carbocycles. The molecule has 5 nitrogen and oxygen atoms in total. The Morgan fingerprint density at radius 1 is 1.44 bits per heavy atom. The molecule has 1 heterocycles. The van der Waals surface area contributed by atoms with Crippen molar-refractivity contribution in [3.8, 4) is 0 Å². The third-order valence-electron chi connectivity index (χ3n) is 3.03. The largest absolute Gasteiger partial charge is 0.433 e. The van der Waals surface area contributed by atoms with Crippen LogP contribution in [0.5, 0.6) is 0 Å². The fourth-order valence-corrected chi connectivity index (χ4v) is 2.17. The standard InChI is InChI=1S/C11H16N2O3/c14-13(15)11-6-5-10(16-11)8-12-7-9-3-1-2-4-9/h5-6,9,12H,1-4,7-8H2.